The van der Waals surface area contributed by atoms with Gasteiger partial charge in [-0.2, -0.15) is 0 Å². The second kappa shape index (κ2) is 6.71. The number of nitrogens with zero attached hydrogens (tertiary/aromatic N) is 5. The second-order valence-electron chi connectivity index (χ2n) is 7.17. The van der Waals surface area contributed by atoms with E-state index in [1.165, 1.54) is 31.7 Å². The van der Waals surface area contributed by atoms with E-state index in [-0.39, 0.29) is 0 Å². The number of rotatable bonds is 4. The molecular weight excluding hydrogens is 290 g/mol. The Morgan fingerprint density at radius 2 is 1.74 bits per heavy atom. The van der Waals surface area contributed by atoms with Crippen molar-refractivity contribution in [2.24, 2.45) is 11.8 Å². The van der Waals surface area contributed by atoms with Crippen LogP contribution in [-0.4, -0.2) is 85.3 Å². The second-order valence-corrected chi connectivity index (χ2v) is 7.17. The molecular formula is C17H27N5O. The molecule has 1 aromatic heterocycles. The van der Waals surface area contributed by atoms with Crippen LogP contribution in [0.1, 0.15) is 5.56 Å². The summed E-state index contributed by atoms with van der Waals surface area (Å²) in [6, 6.07) is 0. The molecule has 0 aromatic carbocycles. The molecule has 4 heterocycles. The van der Waals surface area contributed by atoms with Crippen molar-refractivity contribution in [3.8, 4) is 0 Å². The fourth-order valence-corrected chi connectivity index (χ4v) is 4.28. The SMILES string of the molecule is Cc1cncnc1N1CC2CN(CCN3CCOCC3)CC2C1. The zero-order valence-corrected chi connectivity index (χ0v) is 14.0. The van der Waals surface area contributed by atoms with Crippen molar-refractivity contribution in [3.63, 3.8) is 0 Å². The largest absolute Gasteiger partial charge is 0.379 e. The lowest BCUT2D eigenvalue weighted by molar-refractivity contribution is 0.0341. The molecule has 0 saturated carbocycles. The fourth-order valence-electron chi connectivity index (χ4n) is 4.28. The maximum atomic E-state index is 5.42. The summed E-state index contributed by atoms with van der Waals surface area (Å²) in [4.78, 5) is 16.3. The molecule has 3 fully saturated rings. The summed E-state index contributed by atoms with van der Waals surface area (Å²) in [5.41, 5.74) is 1.19. The van der Waals surface area contributed by atoms with Crippen molar-refractivity contribution < 1.29 is 4.74 Å². The topological polar surface area (TPSA) is 44.7 Å². The Kier molecular flexibility index (Phi) is 4.46. The van der Waals surface area contributed by atoms with Gasteiger partial charge in [0.25, 0.3) is 0 Å². The van der Waals surface area contributed by atoms with E-state index in [2.05, 4.69) is 31.6 Å². The zero-order valence-electron chi connectivity index (χ0n) is 14.0. The molecule has 2 unspecified atom stereocenters. The van der Waals surface area contributed by atoms with Gasteiger partial charge in [0.1, 0.15) is 12.1 Å². The van der Waals surface area contributed by atoms with Crippen LogP contribution in [0.25, 0.3) is 0 Å². The molecule has 0 bridgehead atoms. The van der Waals surface area contributed by atoms with Crippen LogP contribution in [0.2, 0.25) is 0 Å². The number of likely N-dealkylation sites (tertiary alicyclic amines) is 1. The number of fused-ring (bicyclic) bond motifs is 1. The van der Waals surface area contributed by atoms with Crippen LogP contribution in [0.4, 0.5) is 5.82 Å². The summed E-state index contributed by atoms with van der Waals surface area (Å²) in [7, 11) is 0. The lowest BCUT2D eigenvalue weighted by Crippen LogP contribution is -2.41. The van der Waals surface area contributed by atoms with Crippen LogP contribution < -0.4 is 4.90 Å². The molecule has 4 rings (SSSR count). The minimum atomic E-state index is 0.800. The molecule has 6 heteroatoms. The van der Waals surface area contributed by atoms with Crippen molar-refractivity contribution in [1.82, 2.24) is 19.8 Å². The van der Waals surface area contributed by atoms with Gasteiger partial charge in [-0.25, -0.2) is 9.97 Å². The molecule has 0 spiro atoms. The number of hydrogen-bond acceptors (Lipinski definition) is 6. The zero-order chi connectivity index (χ0) is 15.6. The monoisotopic (exact) mass is 317 g/mol. The summed E-state index contributed by atoms with van der Waals surface area (Å²) in [6.45, 7) is 13.3. The summed E-state index contributed by atoms with van der Waals surface area (Å²) in [6.07, 6.45) is 3.59. The molecule has 0 aliphatic carbocycles. The first-order valence-electron chi connectivity index (χ1n) is 8.83. The van der Waals surface area contributed by atoms with E-state index < -0.39 is 0 Å². The van der Waals surface area contributed by atoms with Gasteiger partial charge in [-0.3, -0.25) is 4.90 Å². The number of aryl methyl sites for hydroxylation is 1. The van der Waals surface area contributed by atoms with Crippen LogP contribution >= 0.6 is 0 Å². The number of anilines is 1. The molecule has 23 heavy (non-hydrogen) atoms. The Bertz CT molecular complexity index is 519. The van der Waals surface area contributed by atoms with Crippen LogP contribution in [0, 0.1) is 18.8 Å². The van der Waals surface area contributed by atoms with E-state index in [1.807, 2.05) is 6.20 Å². The minimum absolute atomic E-state index is 0.800. The molecule has 0 N–H and O–H groups in total. The standard InChI is InChI=1S/C17H27N5O/c1-14-8-18-13-19-17(14)22-11-15-9-21(10-16(15)12-22)3-2-20-4-6-23-7-5-20/h8,13,15-16H,2-7,9-12H2,1H3. The van der Waals surface area contributed by atoms with Crippen molar-refractivity contribution in [2.45, 2.75) is 6.92 Å². The highest BCUT2D eigenvalue weighted by molar-refractivity contribution is 5.46. The molecule has 3 aliphatic heterocycles. The van der Waals surface area contributed by atoms with Gasteiger partial charge in [-0.15, -0.1) is 0 Å². The summed E-state index contributed by atoms with van der Waals surface area (Å²) >= 11 is 0. The third-order valence-corrected chi connectivity index (χ3v) is 5.57. The number of hydrogen-bond donors (Lipinski definition) is 0. The minimum Gasteiger partial charge on any atom is -0.379 e. The first-order valence-corrected chi connectivity index (χ1v) is 8.83. The summed E-state index contributed by atoms with van der Waals surface area (Å²) in [5, 5.41) is 0. The molecule has 0 radical (unpaired) electrons. The lowest BCUT2D eigenvalue weighted by Gasteiger charge is -2.29. The normalized spacial score (nSPS) is 29.2. The van der Waals surface area contributed by atoms with E-state index in [0.717, 1.165) is 57.0 Å². The fraction of sp³-hybridized carbons (Fsp3) is 0.765. The molecule has 2 atom stereocenters. The maximum absolute atomic E-state index is 5.42. The van der Waals surface area contributed by atoms with E-state index in [0.29, 0.717) is 0 Å². The van der Waals surface area contributed by atoms with Crippen LogP contribution in [0.15, 0.2) is 12.5 Å². The molecule has 3 aliphatic rings. The molecule has 1 aromatic rings. The van der Waals surface area contributed by atoms with Gasteiger partial charge in [0, 0.05) is 64.1 Å². The van der Waals surface area contributed by atoms with E-state index >= 15 is 0 Å². The van der Waals surface area contributed by atoms with Crippen LogP contribution in [-0.2, 0) is 4.74 Å². The Balaban J connectivity index is 1.27. The first kappa shape index (κ1) is 15.3. The van der Waals surface area contributed by atoms with Crippen LogP contribution in [0.3, 0.4) is 0 Å². The van der Waals surface area contributed by atoms with Gasteiger partial charge in [0.05, 0.1) is 13.2 Å². The molecule has 3 saturated heterocycles. The van der Waals surface area contributed by atoms with Gasteiger partial charge in [-0.05, 0) is 18.8 Å². The van der Waals surface area contributed by atoms with Gasteiger partial charge < -0.3 is 14.5 Å². The Labute approximate surface area is 138 Å². The lowest BCUT2D eigenvalue weighted by atomic mass is 10.0. The maximum Gasteiger partial charge on any atom is 0.134 e. The van der Waals surface area contributed by atoms with Crippen molar-refractivity contribution in [1.29, 1.82) is 0 Å². The van der Waals surface area contributed by atoms with Gasteiger partial charge in [0.2, 0.25) is 0 Å². The van der Waals surface area contributed by atoms with E-state index in [4.69, 9.17) is 4.74 Å². The average molecular weight is 317 g/mol. The smallest absolute Gasteiger partial charge is 0.134 e. The van der Waals surface area contributed by atoms with Crippen molar-refractivity contribution in [3.05, 3.63) is 18.1 Å². The Morgan fingerprint density at radius 1 is 1.04 bits per heavy atom. The first-order chi connectivity index (χ1) is 11.3. The number of aromatic nitrogens is 2. The molecule has 6 nitrogen and oxygen atoms in total. The third-order valence-electron chi connectivity index (χ3n) is 5.57. The number of morpholine rings is 1. The summed E-state index contributed by atoms with van der Waals surface area (Å²) < 4.78 is 5.42. The van der Waals surface area contributed by atoms with Crippen molar-refractivity contribution >= 4 is 5.82 Å². The van der Waals surface area contributed by atoms with Crippen LogP contribution in [0.5, 0.6) is 0 Å². The highest BCUT2D eigenvalue weighted by atomic mass is 16.5. The molecule has 0 amide bonds. The number of ether oxygens (including phenoxy) is 1. The van der Waals surface area contributed by atoms with E-state index in [1.54, 1.807) is 6.33 Å². The van der Waals surface area contributed by atoms with Gasteiger partial charge >= 0.3 is 0 Å². The Hall–Kier alpha value is -1.24. The van der Waals surface area contributed by atoms with Gasteiger partial charge in [-0.1, -0.05) is 0 Å². The average Bonchev–Trinajstić information content (AvgIpc) is 3.13. The van der Waals surface area contributed by atoms with Gasteiger partial charge in [0.15, 0.2) is 0 Å². The highest BCUT2D eigenvalue weighted by Gasteiger charge is 2.40. The molecule has 126 valence electrons. The van der Waals surface area contributed by atoms with E-state index in [9.17, 15) is 0 Å². The predicted molar refractivity (Wildman–Crippen MR) is 89.7 cm³/mol. The highest BCUT2D eigenvalue weighted by Crippen LogP contribution is 2.33. The third kappa shape index (κ3) is 3.34. The Morgan fingerprint density at radius 3 is 2.43 bits per heavy atom. The van der Waals surface area contributed by atoms with Crippen molar-refractivity contribution in [2.75, 3.05) is 70.5 Å². The quantitative estimate of drug-likeness (QED) is 0.805. The predicted octanol–water partition coefficient (Wildman–Crippen LogP) is 0.485. The summed E-state index contributed by atoms with van der Waals surface area (Å²) in [5.74, 6) is 2.73.